The van der Waals surface area contributed by atoms with Gasteiger partial charge in [0.15, 0.2) is 0 Å². The van der Waals surface area contributed by atoms with E-state index >= 15 is 0 Å². The van der Waals surface area contributed by atoms with Crippen molar-refractivity contribution in [2.24, 2.45) is 0 Å². The van der Waals surface area contributed by atoms with E-state index in [4.69, 9.17) is 0 Å². The number of hydrogen-bond donors (Lipinski definition) is 1. The molecule has 58 valence electrons. The Kier molecular flexibility index (Phi) is 1.62. The van der Waals surface area contributed by atoms with Crippen LogP contribution in [0.3, 0.4) is 0 Å². The van der Waals surface area contributed by atoms with Crippen LogP contribution in [-0.4, -0.2) is 11.5 Å². The van der Waals surface area contributed by atoms with Crippen molar-refractivity contribution in [1.82, 2.24) is 10.3 Å². The lowest BCUT2D eigenvalue weighted by atomic mass is 9.96. The van der Waals surface area contributed by atoms with Gasteiger partial charge in [-0.3, -0.25) is 4.98 Å². The smallest absolute Gasteiger partial charge is 0.0350 e. The number of aryl methyl sites for hydroxylation is 1. The second kappa shape index (κ2) is 2.62. The van der Waals surface area contributed by atoms with Crippen molar-refractivity contribution in [2.45, 2.75) is 19.4 Å². The van der Waals surface area contributed by atoms with E-state index in [1.54, 1.807) is 0 Å². The molecule has 1 aromatic rings. The Bertz CT molecular complexity index is 253. The molecule has 0 radical (unpaired) electrons. The van der Waals surface area contributed by atoms with Crippen molar-refractivity contribution in [1.29, 1.82) is 0 Å². The van der Waals surface area contributed by atoms with E-state index in [0.717, 1.165) is 6.54 Å². The monoisotopic (exact) mass is 148 g/mol. The van der Waals surface area contributed by atoms with Gasteiger partial charge in [0.05, 0.1) is 0 Å². The van der Waals surface area contributed by atoms with Gasteiger partial charge in [-0.15, -0.1) is 0 Å². The summed E-state index contributed by atoms with van der Waals surface area (Å²) in [4.78, 5) is 4.11. The Morgan fingerprint density at radius 1 is 1.64 bits per heavy atom. The molecular weight excluding hydrogens is 136 g/mol. The highest BCUT2D eigenvalue weighted by molar-refractivity contribution is 5.26. The molecule has 11 heavy (non-hydrogen) atoms. The summed E-state index contributed by atoms with van der Waals surface area (Å²) in [6.45, 7) is 3.29. The molecule has 1 N–H and O–H groups in total. The molecular formula is C9H12N2. The molecule has 1 aliphatic rings. The fraction of sp³-hybridized carbons (Fsp3) is 0.444. The summed E-state index contributed by atoms with van der Waals surface area (Å²) < 4.78 is 0. The van der Waals surface area contributed by atoms with E-state index in [2.05, 4.69) is 23.3 Å². The fourth-order valence-corrected chi connectivity index (χ4v) is 1.40. The average Bonchev–Trinajstić information content (AvgIpc) is 1.90. The van der Waals surface area contributed by atoms with Crippen LogP contribution in [0.2, 0.25) is 0 Å². The van der Waals surface area contributed by atoms with E-state index in [9.17, 15) is 0 Å². The van der Waals surface area contributed by atoms with Crippen molar-refractivity contribution in [3.05, 3.63) is 29.6 Å². The highest BCUT2D eigenvalue weighted by Gasteiger charge is 2.19. The largest absolute Gasteiger partial charge is 0.310 e. The van der Waals surface area contributed by atoms with Crippen molar-refractivity contribution in [3.63, 3.8) is 0 Å². The normalized spacial score (nSPS) is 22.8. The molecule has 0 bridgehead atoms. The standard InChI is InChI=1S/C9H12N2/c1-7-2-4-10-6-8(7)9-3-5-11-9/h2,4,6,9,11H,3,5H2,1H3. The van der Waals surface area contributed by atoms with Gasteiger partial charge in [0, 0.05) is 18.4 Å². The van der Waals surface area contributed by atoms with Gasteiger partial charge >= 0.3 is 0 Å². The van der Waals surface area contributed by atoms with Gasteiger partial charge in [-0.05, 0) is 37.1 Å². The summed E-state index contributed by atoms with van der Waals surface area (Å²) in [5.41, 5.74) is 2.70. The molecule has 1 aliphatic heterocycles. The topological polar surface area (TPSA) is 24.9 Å². The Morgan fingerprint density at radius 3 is 3.00 bits per heavy atom. The molecule has 1 saturated heterocycles. The quantitative estimate of drug-likeness (QED) is 0.651. The fourth-order valence-electron chi connectivity index (χ4n) is 1.40. The number of hydrogen-bond acceptors (Lipinski definition) is 2. The molecule has 1 fully saturated rings. The lowest BCUT2D eigenvalue weighted by Gasteiger charge is -2.28. The van der Waals surface area contributed by atoms with E-state index in [-0.39, 0.29) is 0 Å². The maximum absolute atomic E-state index is 4.11. The molecule has 2 heteroatoms. The Balaban J connectivity index is 2.28. The molecule has 0 amide bonds. The number of nitrogens with one attached hydrogen (secondary N) is 1. The first-order valence-corrected chi connectivity index (χ1v) is 4.02. The lowest BCUT2D eigenvalue weighted by molar-refractivity contribution is 0.381. The van der Waals surface area contributed by atoms with Crippen LogP contribution in [0, 0.1) is 6.92 Å². The summed E-state index contributed by atoms with van der Waals surface area (Å²) in [7, 11) is 0. The molecule has 2 rings (SSSR count). The number of rotatable bonds is 1. The predicted molar refractivity (Wildman–Crippen MR) is 44.3 cm³/mol. The van der Waals surface area contributed by atoms with Gasteiger partial charge in [0.1, 0.15) is 0 Å². The van der Waals surface area contributed by atoms with Crippen molar-refractivity contribution >= 4 is 0 Å². The van der Waals surface area contributed by atoms with Gasteiger partial charge in [0.25, 0.3) is 0 Å². The van der Waals surface area contributed by atoms with Crippen LogP contribution in [0.4, 0.5) is 0 Å². The minimum absolute atomic E-state index is 0.573. The molecule has 0 spiro atoms. The van der Waals surface area contributed by atoms with E-state index in [0.29, 0.717) is 6.04 Å². The Labute approximate surface area is 66.7 Å². The lowest BCUT2D eigenvalue weighted by Crippen LogP contribution is -2.35. The number of aromatic nitrogens is 1. The van der Waals surface area contributed by atoms with E-state index in [1.807, 2.05) is 12.4 Å². The second-order valence-corrected chi connectivity index (χ2v) is 3.03. The van der Waals surface area contributed by atoms with Crippen LogP contribution < -0.4 is 5.32 Å². The molecule has 1 aromatic heterocycles. The van der Waals surface area contributed by atoms with Crippen LogP contribution in [0.1, 0.15) is 23.6 Å². The second-order valence-electron chi connectivity index (χ2n) is 3.03. The third-order valence-corrected chi connectivity index (χ3v) is 2.28. The van der Waals surface area contributed by atoms with E-state index in [1.165, 1.54) is 17.5 Å². The van der Waals surface area contributed by atoms with Gasteiger partial charge in [-0.2, -0.15) is 0 Å². The Morgan fingerprint density at radius 2 is 2.45 bits per heavy atom. The van der Waals surface area contributed by atoms with Crippen LogP contribution in [0.5, 0.6) is 0 Å². The van der Waals surface area contributed by atoms with Crippen LogP contribution in [0.25, 0.3) is 0 Å². The summed E-state index contributed by atoms with van der Waals surface area (Å²) in [6.07, 6.45) is 5.07. The van der Waals surface area contributed by atoms with Gasteiger partial charge in [-0.1, -0.05) is 0 Å². The molecule has 1 unspecified atom stereocenters. The highest BCUT2D eigenvalue weighted by atomic mass is 15.0. The maximum Gasteiger partial charge on any atom is 0.0350 e. The molecule has 0 saturated carbocycles. The van der Waals surface area contributed by atoms with Gasteiger partial charge in [0.2, 0.25) is 0 Å². The van der Waals surface area contributed by atoms with Crippen molar-refractivity contribution < 1.29 is 0 Å². The summed E-state index contributed by atoms with van der Waals surface area (Å²) >= 11 is 0. The third kappa shape index (κ3) is 1.14. The Hall–Kier alpha value is -0.890. The SMILES string of the molecule is Cc1ccncc1C1CCN1. The minimum atomic E-state index is 0.573. The average molecular weight is 148 g/mol. The predicted octanol–water partition coefficient (Wildman–Crippen LogP) is 1.42. The maximum atomic E-state index is 4.11. The summed E-state index contributed by atoms with van der Waals surface area (Å²) in [5, 5.41) is 3.36. The molecule has 0 aromatic carbocycles. The van der Waals surface area contributed by atoms with E-state index < -0.39 is 0 Å². The van der Waals surface area contributed by atoms with Crippen LogP contribution in [0.15, 0.2) is 18.5 Å². The van der Waals surface area contributed by atoms with Gasteiger partial charge < -0.3 is 5.32 Å². The number of pyridine rings is 1. The zero-order valence-corrected chi connectivity index (χ0v) is 6.67. The summed E-state index contributed by atoms with van der Waals surface area (Å²) in [6, 6.07) is 2.64. The number of nitrogens with zero attached hydrogens (tertiary/aromatic N) is 1. The molecule has 2 heterocycles. The zero-order valence-electron chi connectivity index (χ0n) is 6.67. The first kappa shape index (κ1) is 6.80. The van der Waals surface area contributed by atoms with Crippen molar-refractivity contribution in [3.8, 4) is 0 Å². The molecule has 0 aliphatic carbocycles. The molecule has 2 nitrogen and oxygen atoms in total. The first-order valence-electron chi connectivity index (χ1n) is 4.02. The van der Waals surface area contributed by atoms with Crippen LogP contribution >= 0.6 is 0 Å². The first-order chi connectivity index (χ1) is 5.38. The van der Waals surface area contributed by atoms with Gasteiger partial charge in [-0.25, -0.2) is 0 Å². The minimum Gasteiger partial charge on any atom is -0.310 e. The molecule has 1 atom stereocenters. The highest BCUT2D eigenvalue weighted by Crippen LogP contribution is 2.24. The van der Waals surface area contributed by atoms with Crippen molar-refractivity contribution in [2.75, 3.05) is 6.54 Å². The summed E-state index contributed by atoms with van der Waals surface area (Å²) in [5.74, 6) is 0. The zero-order chi connectivity index (χ0) is 7.68. The third-order valence-electron chi connectivity index (χ3n) is 2.28. The van der Waals surface area contributed by atoms with Crippen LogP contribution in [-0.2, 0) is 0 Å².